The van der Waals surface area contributed by atoms with Crippen molar-refractivity contribution < 1.29 is 0 Å². The molecule has 0 aliphatic carbocycles. The highest BCUT2D eigenvalue weighted by molar-refractivity contribution is 5.22. The minimum atomic E-state index is 1.01. The van der Waals surface area contributed by atoms with Crippen LogP contribution in [0.3, 0.4) is 0 Å². The van der Waals surface area contributed by atoms with E-state index in [1.165, 1.54) is 13.0 Å². The van der Waals surface area contributed by atoms with Crippen molar-refractivity contribution in [2.24, 2.45) is 0 Å². The summed E-state index contributed by atoms with van der Waals surface area (Å²) in [7, 11) is 0. The van der Waals surface area contributed by atoms with Gasteiger partial charge in [0.05, 0.1) is 0 Å². The van der Waals surface area contributed by atoms with Crippen molar-refractivity contribution in [3.63, 3.8) is 0 Å². The van der Waals surface area contributed by atoms with Crippen LogP contribution in [0.1, 0.15) is 20.3 Å². The third-order valence-corrected chi connectivity index (χ3v) is 2.67. The summed E-state index contributed by atoms with van der Waals surface area (Å²) in [6, 6.07) is 0. The molecule has 14 heavy (non-hydrogen) atoms. The molecule has 0 spiro atoms. The van der Waals surface area contributed by atoms with Crippen molar-refractivity contribution in [1.82, 2.24) is 10.2 Å². The Balaban J connectivity index is 2.40. The van der Waals surface area contributed by atoms with Crippen LogP contribution in [0.25, 0.3) is 0 Å². The first-order valence-corrected chi connectivity index (χ1v) is 5.49. The Hall–Kier alpha value is -0.600. The van der Waals surface area contributed by atoms with Gasteiger partial charge in [0.25, 0.3) is 0 Å². The van der Waals surface area contributed by atoms with Gasteiger partial charge in [-0.15, -0.1) is 6.58 Å². The first-order valence-electron chi connectivity index (χ1n) is 5.49. The monoisotopic (exact) mass is 194 g/mol. The zero-order valence-electron chi connectivity index (χ0n) is 9.47. The molecule has 2 heteroatoms. The Morgan fingerprint density at radius 2 is 2.29 bits per heavy atom. The second kappa shape index (κ2) is 5.99. The second-order valence-electron chi connectivity index (χ2n) is 4.01. The zero-order chi connectivity index (χ0) is 10.4. The molecule has 0 unspecified atom stereocenters. The molecule has 1 saturated heterocycles. The lowest BCUT2D eigenvalue weighted by molar-refractivity contribution is 0.326. The van der Waals surface area contributed by atoms with Crippen molar-refractivity contribution in [2.75, 3.05) is 32.7 Å². The Kier molecular flexibility index (Phi) is 4.91. The van der Waals surface area contributed by atoms with Crippen LogP contribution >= 0.6 is 0 Å². The largest absolute Gasteiger partial charge is 0.309 e. The van der Waals surface area contributed by atoms with Crippen LogP contribution in [0.5, 0.6) is 0 Å². The van der Waals surface area contributed by atoms with Crippen LogP contribution in [-0.2, 0) is 0 Å². The highest BCUT2D eigenvalue weighted by Crippen LogP contribution is 2.10. The molecule has 0 aromatic rings. The smallest absolute Gasteiger partial charge is 0.0197 e. The van der Waals surface area contributed by atoms with Crippen molar-refractivity contribution in [3.05, 3.63) is 23.8 Å². The molecule has 0 aromatic heterocycles. The maximum Gasteiger partial charge on any atom is 0.0197 e. The molecule has 2 nitrogen and oxygen atoms in total. The van der Waals surface area contributed by atoms with E-state index >= 15 is 0 Å². The molecule has 1 rings (SSSR count). The van der Waals surface area contributed by atoms with Crippen LogP contribution in [0.4, 0.5) is 0 Å². The van der Waals surface area contributed by atoms with E-state index in [0.29, 0.717) is 0 Å². The zero-order valence-corrected chi connectivity index (χ0v) is 9.47. The maximum absolute atomic E-state index is 3.80. The fraction of sp³-hybridized carbons (Fsp3) is 0.667. The molecule has 0 atom stereocenters. The standard InChI is InChI=1S/C12H22N2/c1-4-6-14(7-5-2)10-11(3)12-8-13-9-12/h4,13H,1,5-10H2,2-3H3. The number of hydrogen-bond donors (Lipinski definition) is 1. The van der Waals surface area contributed by atoms with E-state index in [9.17, 15) is 0 Å². The molecule has 1 heterocycles. The highest BCUT2D eigenvalue weighted by atomic mass is 15.1. The highest BCUT2D eigenvalue weighted by Gasteiger charge is 2.12. The molecule has 0 bridgehead atoms. The van der Waals surface area contributed by atoms with Crippen LogP contribution in [0.2, 0.25) is 0 Å². The van der Waals surface area contributed by atoms with Crippen molar-refractivity contribution in [1.29, 1.82) is 0 Å². The van der Waals surface area contributed by atoms with Gasteiger partial charge in [-0.05, 0) is 25.5 Å². The number of nitrogens with zero attached hydrogens (tertiary/aromatic N) is 1. The minimum Gasteiger partial charge on any atom is -0.309 e. The molecular weight excluding hydrogens is 172 g/mol. The molecule has 1 aliphatic heterocycles. The number of rotatable bonds is 6. The van der Waals surface area contributed by atoms with Crippen molar-refractivity contribution in [2.45, 2.75) is 20.3 Å². The summed E-state index contributed by atoms with van der Waals surface area (Å²) in [5.74, 6) is 0. The Morgan fingerprint density at radius 1 is 1.57 bits per heavy atom. The van der Waals surface area contributed by atoms with E-state index in [4.69, 9.17) is 0 Å². The van der Waals surface area contributed by atoms with E-state index in [1.807, 2.05) is 6.08 Å². The summed E-state index contributed by atoms with van der Waals surface area (Å²) in [5.41, 5.74) is 3.13. The Bertz CT molecular complexity index is 212. The minimum absolute atomic E-state index is 1.01. The molecule has 0 amide bonds. The number of nitrogens with one attached hydrogen (secondary N) is 1. The van der Waals surface area contributed by atoms with Gasteiger partial charge < -0.3 is 5.32 Å². The molecular formula is C12H22N2. The molecule has 0 aromatic carbocycles. The molecule has 0 saturated carbocycles. The topological polar surface area (TPSA) is 15.3 Å². The Labute approximate surface area is 87.7 Å². The van der Waals surface area contributed by atoms with Gasteiger partial charge in [-0.3, -0.25) is 4.90 Å². The molecule has 1 fully saturated rings. The Morgan fingerprint density at radius 3 is 2.71 bits per heavy atom. The van der Waals surface area contributed by atoms with Gasteiger partial charge in [0.1, 0.15) is 0 Å². The second-order valence-corrected chi connectivity index (χ2v) is 4.01. The van der Waals surface area contributed by atoms with Gasteiger partial charge in [-0.2, -0.15) is 0 Å². The van der Waals surface area contributed by atoms with Crippen molar-refractivity contribution >= 4 is 0 Å². The van der Waals surface area contributed by atoms with Gasteiger partial charge in [-0.25, -0.2) is 0 Å². The summed E-state index contributed by atoms with van der Waals surface area (Å²) < 4.78 is 0. The van der Waals surface area contributed by atoms with Crippen molar-refractivity contribution in [3.8, 4) is 0 Å². The SMILES string of the molecule is C=CCN(CCC)CC(C)=C1CNC1. The average molecular weight is 194 g/mol. The van der Waals surface area contributed by atoms with Crippen LogP contribution in [0, 0.1) is 0 Å². The fourth-order valence-electron chi connectivity index (χ4n) is 1.73. The predicted molar refractivity (Wildman–Crippen MR) is 62.5 cm³/mol. The lowest BCUT2D eigenvalue weighted by Gasteiger charge is -2.26. The average Bonchev–Trinajstić information content (AvgIpc) is 2.01. The van der Waals surface area contributed by atoms with E-state index in [0.717, 1.165) is 26.2 Å². The van der Waals surface area contributed by atoms with Gasteiger partial charge in [0, 0.05) is 26.2 Å². The van der Waals surface area contributed by atoms with Crippen LogP contribution in [0.15, 0.2) is 23.8 Å². The summed E-state index contributed by atoms with van der Waals surface area (Å²) in [4.78, 5) is 2.45. The predicted octanol–water partition coefficient (Wildman–Crippen LogP) is 1.80. The van der Waals surface area contributed by atoms with E-state index in [1.54, 1.807) is 11.1 Å². The van der Waals surface area contributed by atoms with E-state index in [2.05, 4.69) is 30.6 Å². The van der Waals surface area contributed by atoms with Gasteiger partial charge >= 0.3 is 0 Å². The molecule has 80 valence electrons. The van der Waals surface area contributed by atoms with E-state index in [-0.39, 0.29) is 0 Å². The normalized spacial score (nSPS) is 15.5. The van der Waals surface area contributed by atoms with E-state index < -0.39 is 0 Å². The quantitative estimate of drug-likeness (QED) is 0.649. The fourth-order valence-corrected chi connectivity index (χ4v) is 1.73. The van der Waals surface area contributed by atoms with Gasteiger partial charge in [0.15, 0.2) is 0 Å². The first-order chi connectivity index (χ1) is 6.77. The van der Waals surface area contributed by atoms with Crippen LogP contribution in [-0.4, -0.2) is 37.6 Å². The lowest BCUT2D eigenvalue weighted by Crippen LogP contribution is -2.37. The summed E-state index contributed by atoms with van der Waals surface area (Å²) >= 11 is 0. The lowest BCUT2D eigenvalue weighted by atomic mass is 10.0. The first kappa shape index (κ1) is 11.5. The maximum atomic E-state index is 3.80. The molecule has 1 N–H and O–H groups in total. The summed E-state index contributed by atoms with van der Waals surface area (Å²) in [5, 5.41) is 3.28. The number of hydrogen-bond acceptors (Lipinski definition) is 2. The third-order valence-electron chi connectivity index (χ3n) is 2.67. The molecule has 0 radical (unpaired) electrons. The third kappa shape index (κ3) is 3.28. The molecule has 1 aliphatic rings. The van der Waals surface area contributed by atoms with Crippen LogP contribution < -0.4 is 5.32 Å². The van der Waals surface area contributed by atoms with Gasteiger partial charge in [-0.1, -0.05) is 18.6 Å². The summed E-state index contributed by atoms with van der Waals surface area (Å²) in [6.45, 7) is 13.8. The van der Waals surface area contributed by atoms with Gasteiger partial charge in [0.2, 0.25) is 0 Å². The summed E-state index contributed by atoms with van der Waals surface area (Å²) in [6.07, 6.45) is 3.21.